The summed E-state index contributed by atoms with van der Waals surface area (Å²) in [7, 11) is -8.43. The molecule has 0 aliphatic heterocycles. The summed E-state index contributed by atoms with van der Waals surface area (Å²) < 4.78 is 70.2. The fourth-order valence-electron chi connectivity index (χ4n) is 3.25. The second-order valence-electron chi connectivity index (χ2n) is 7.95. The van der Waals surface area contributed by atoms with E-state index < -0.39 is 68.8 Å². The van der Waals surface area contributed by atoms with Crippen molar-refractivity contribution in [1.29, 1.82) is 0 Å². The number of aryl methyl sites for hydroxylation is 2. The Hall–Kier alpha value is -4.45. The lowest BCUT2D eigenvalue weighted by molar-refractivity contribution is 0.0694. The molecule has 206 valence electrons. The summed E-state index contributed by atoms with van der Waals surface area (Å²) in [5.74, 6) is -1.35. The third-order valence-electron chi connectivity index (χ3n) is 5.34. The topological polar surface area (TPSA) is 238 Å². The highest BCUT2D eigenvalue weighted by atomic mass is 32.2. The maximum atomic E-state index is 13.1. The van der Waals surface area contributed by atoms with Crippen molar-refractivity contribution in [2.24, 2.45) is 10.2 Å². The van der Waals surface area contributed by atoms with Crippen LogP contribution in [0.4, 0.5) is 11.4 Å². The Morgan fingerprint density at radius 3 is 2.00 bits per heavy atom. The molecule has 0 bridgehead atoms. The summed E-state index contributed by atoms with van der Waals surface area (Å²) in [6, 6.07) is 5.72. The maximum absolute atomic E-state index is 13.1. The predicted octanol–water partition coefficient (Wildman–Crippen LogP) is -0.0448. The SMILES string of the molecule is COc1cc(C)c(C)cc1N/N=c1/c(C(=O)O)cc(=O)/c(=N\Nc2cc(S(=O)(=O)O)ccc2S(=O)(=O)O)c1=O. The van der Waals surface area contributed by atoms with Gasteiger partial charge in [-0.3, -0.25) is 29.5 Å². The molecule has 0 atom stereocenters. The number of anilines is 2. The normalized spacial score (nSPS) is 12.8. The third kappa shape index (κ3) is 6.34. The first kappa shape index (κ1) is 29.1. The monoisotopic (exact) mass is 580 g/mol. The van der Waals surface area contributed by atoms with E-state index in [9.17, 15) is 45.4 Å². The molecule has 3 rings (SSSR count). The number of carboxylic acids is 1. The summed E-state index contributed by atoms with van der Waals surface area (Å²) in [4.78, 5) is 35.6. The average molecular weight is 581 g/mol. The van der Waals surface area contributed by atoms with Gasteiger partial charge in [-0.15, -0.1) is 0 Å². The van der Waals surface area contributed by atoms with Crippen molar-refractivity contribution in [3.8, 4) is 5.75 Å². The molecular formula is C22H20N4O11S2. The summed E-state index contributed by atoms with van der Waals surface area (Å²) in [5.41, 5.74) is 2.47. The Balaban J connectivity index is 2.25. The molecule has 39 heavy (non-hydrogen) atoms. The van der Waals surface area contributed by atoms with E-state index in [-0.39, 0.29) is 5.69 Å². The fourth-order valence-corrected chi connectivity index (χ4v) is 4.38. The van der Waals surface area contributed by atoms with Crippen molar-refractivity contribution in [2.45, 2.75) is 23.6 Å². The van der Waals surface area contributed by atoms with E-state index in [1.165, 1.54) is 7.11 Å². The van der Waals surface area contributed by atoms with Crippen molar-refractivity contribution in [2.75, 3.05) is 18.0 Å². The van der Waals surface area contributed by atoms with Crippen LogP contribution >= 0.6 is 0 Å². The number of nitrogens with one attached hydrogen (secondary N) is 2. The number of rotatable bonds is 8. The number of nitrogens with zero attached hydrogens (tertiary/aromatic N) is 2. The van der Waals surface area contributed by atoms with Gasteiger partial charge in [0, 0.05) is 6.07 Å². The highest BCUT2D eigenvalue weighted by Gasteiger charge is 2.20. The van der Waals surface area contributed by atoms with E-state index >= 15 is 0 Å². The molecule has 0 amide bonds. The Labute approximate surface area is 219 Å². The minimum Gasteiger partial charge on any atom is -0.495 e. The Bertz CT molecular complexity index is 1940. The van der Waals surface area contributed by atoms with Crippen LogP contribution in [0.15, 0.2) is 66.0 Å². The molecule has 0 radical (unpaired) electrons. The molecule has 0 unspecified atom stereocenters. The molecule has 0 aliphatic carbocycles. The van der Waals surface area contributed by atoms with Crippen LogP contribution in [-0.2, 0) is 20.2 Å². The van der Waals surface area contributed by atoms with Crippen LogP contribution in [0.3, 0.4) is 0 Å². The fraction of sp³-hybridized carbons (Fsp3) is 0.136. The minimum atomic E-state index is -4.97. The van der Waals surface area contributed by atoms with E-state index in [0.717, 1.165) is 11.1 Å². The van der Waals surface area contributed by atoms with Crippen molar-refractivity contribution in [1.82, 2.24) is 0 Å². The van der Waals surface area contributed by atoms with Gasteiger partial charge in [-0.25, -0.2) is 4.79 Å². The van der Waals surface area contributed by atoms with Gasteiger partial charge in [0.05, 0.1) is 28.9 Å². The molecule has 3 aromatic rings. The molecule has 0 heterocycles. The molecule has 0 aromatic heterocycles. The number of benzene rings is 3. The molecule has 0 saturated heterocycles. The van der Waals surface area contributed by atoms with Gasteiger partial charge < -0.3 is 9.84 Å². The van der Waals surface area contributed by atoms with Gasteiger partial charge in [0.2, 0.25) is 10.9 Å². The van der Waals surface area contributed by atoms with Gasteiger partial charge in [0.15, 0.2) is 5.36 Å². The molecular weight excluding hydrogens is 560 g/mol. The first-order valence-corrected chi connectivity index (χ1v) is 13.4. The summed E-state index contributed by atoms with van der Waals surface area (Å²) in [6.07, 6.45) is 0. The largest absolute Gasteiger partial charge is 0.495 e. The van der Waals surface area contributed by atoms with Crippen LogP contribution in [0.2, 0.25) is 0 Å². The molecule has 15 nitrogen and oxygen atoms in total. The van der Waals surface area contributed by atoms with Crippen molar-refractivity contribution in [3.63, 3.8) is 0 Å². The van der Waals surface area contributed by atoms with E-state index in [1.807, 2.05) is 12.3 Å². The second-order valence-corrected chi connectivity index (χ2v) is 10.8. The minimum absolute atomic E-state index is 0.263. The number of hydrogen-bond donors (Lipinski definition) is 5. The molecule has 0 spiro atoms. The van der Waals surface area contributed by atoms with Gasteiger partial charge in [-0.1, -0.05) is 0 Å². The Morgan fingerprint density at radius 2 is 1.44 bits per heavy atom. The number of carboxylic acid groups (broad SMARTS) is 1. The van der Waals surface area contributed by atoms with Crippen molar-refractivity contribution in [3.05, 3.63) is 84.2 Å². The first-order chi connectivity index (χ1) is 18.0. The van der Waals surface area contributed by atoms with Crippen LogP contribution in [0.25, 0.3) is 0 Å². The first-order valence-electron chi connectivity index (χ1n) is 10.5. The van der Waals surface area contributed by atoms with E-state index in [4.69, 9.17) is 4.74 Å². The lowest BCUT2D eigenvalue weighted by atomic mass is 10.1. The average Bonchev–Trinajstić information content (AvgIpc) is 2.83. The van der Waals surface area contributed by atoms with Gasteiger partial charge in [0.25, 0.3) is 20.2 Å². The van der Waals surface area contributed by atoms with Gasteiger partial charge in [0.1, 0.15) is 16.0 Å². The van der Waals surface area contributed by atoms with E-state index in [2.05, 4.69) is 15.6 Å². The smallest absolute Gasteiger partial charge is 0.338 e. The second kappa shape index (κ2) is 10.7. The molecule has 0 aliphatic rings. The summed E-state index contributed by atoms with van der Waals surface area (Å²) in [6.45, 7) is 3.61. The zero-order valence-corrected chi connectivity index (χ0v) is 21.9. The van der Waals surface area contributed by atoms with Gasteiger partial charge in [-0.05, 0) is 55.3 Å². The van der Waals surface area contributed by atoms with Gasteiger partial charge in [-0.2, -0.15) is 27.0 Å². The Kier molecular flexibility index (Phi) is 8.01. The zero-order valence-electron chi connectivity index (χ0n) is 20.3. The lowest BCUT2D eigenvalue weighted by Gasteiger charge is -2.11. The molecule has 0 saturated carbocycles. The summed E-state index contributed by atoms with van der Waals surface area (Å²) >= 11 is 0. The molecule has 0 fully saturated rings. The predicted molar refractivity (Wildman–Crippen MR) is 135 cm³/mol. The van der Waals surface area contributed by atoms with Crippen LogP contribution in [0, 0.1) is 13.8 Å². The third-order valence-corrected chi connectivity index (χ3v) is 7.10. The van der Waals surface area contributed by atoms with Crippen LogP contribution in [-0.4, -0.2) is 44.1 Å². The maximum Gasteiger partial charge on any atom is 0.338 e. The van der Waals surface area contributed by atoms with E-state index in [0.29, 0.717) is 30.0 Å². The van der Waals surface area contributed by atoms with E-state index in [1.54, 1.807) is 19.1 Å². The molecule has 3 aromatic carbocycles. The van der Waals surface area contributed by atoms with Crippen LogP contribution in [0.5, 0.6) is 5.75 Å². The number of hydrogen-bond acceptors (Lipinski definition) is 12. The zero-order chi connectivity index (χ0) is 29.3. The lowest BCUT2D eigenvalue weighted by Crippen LogP contribution is -2.50. The van der Waals surface area contributed by atoms with Crippen LogP contribution in [0.1, 0.15) is 21.5 Å². The quantitative estimate of drug-likeness (QED) is 0.174. The number of carbonyl (C=O) groups is 1. The van der Waals surface area contributed by atoms with Crippen LogP contribution < -0.4 is 37.2 Å². The molecule has 5 N–H and O–H groups in total. The summed E-state index contributed by atoms with van der Waals surface area (Å²) in [5, 5.41) is 15.2. The molecule has 17 heteroatoms. The number of ether oxygens (including phenoxy) is 1. The van der Waals surface area contributed by atoms with Crippen molar-refractivity contribution < 1.29 is 40.6 Å². The Morgan fingerprint density at radius 1 is 0.846 bits per heavy atom. The highest BCUT2D eigenvalue weighted by Crippen LogP contribution is 2.28. The standard InChI is InChI=1S/C22H20N4O11S2/c1-10-6-14(17(37-3)7-11(10)2)23-25-19-13(22(29)30)9-16(27)20(21(19)28)26-24-15-8-12(38(31,32)33)4-5-18(15)39(34,35)36/h4-9,23-24H,1-3H3,(H,29,30)(H,31,32,33)(H,34,35,36)/b25-19-,26-20+. The number of aromatic carboxylic acids is 1. The number of methoxy groups -OCH3 is 1. The van der Waals surface area contributed by atoms with Gasteiger partial charge >= 0.3 is 5.97 Å². The van der Waals surface area contributed by atoms with Crippen molar-refractivity contribution >= 4 is 37.6 Å². The highest BCUT2D eigenvalue weighted by molar-refractivity contribution is 7.86.